The number of hydrogen-bond donors (Lipinski definition) is 1. The van der Waals surface area contributed by atoms with E-state index in [4.69, 9.17) is 4.74 Å². The van der Waals surface area contributed by atoms with E-state index in [1.54, 1.807) is 7.11 Å². The normalized spacial score (nSPS) is 20.7. The van der Waals surface area contributed by atoms with Gasteiger partial charge >= 0.3 is 0 Å². The number of anilines is 1. The third-order valence-electron chi connectivity index (χ3n) is 3.56. The lowest BCUT2D eigenvalue weighted by Crippen LogP contribution is -2.32. The van der Waals surface area contributed by atoms with Crippen LogP contribution in [0.5, 0.6) is 5.75 Å². The van der Waals surface area contributed by atoms with E-state index < -0.39 is 0 Å². The van der Waals surface area contributed by atoms with Crippen LogP contribution in [0.1, 0.15) is 19.3 Å². The minimum atomic E-state index is 0.612. The minimum absolute atomic E-state index is 0.612. The quantitative estimate of drug-likeness (QED) is 0.868. The molecule has 1 aromatic carbocycles. The average Bonchev–Trinajstić information content (AvgIpc) is 2.66. The van der Waals surface area contributed by atoms with Crippen LogP contribution in [0, 0.1) is 0 Å². The summed E-state index contributed by atoms with van der Waals surface area (Å²) < 4.78 is 5.43. The fourth-order valence-electron chi connectivity index (χ4n) is 2.51. The van der Waals surface area contributed by atoms with E-state index in [0.717, 1.165) is 18.8 Å². The summed E-state index contributed by atoms with van der Waals surface area (Å²) in [6.07, 6.45) is 3.71. The van der Waals surface area contributed by atoms with Gasteiger partial charge in [0.2, 0.25) is 0 Å². The third kappa shape index (κ3) is 2.91. The molecule has 2 rings (SSSR count). The van der Waals surface area contributed by atoms with Gasteiger partial charge in [0.05, 0.1) is 12.8 Å². The van der Waals surface area contributed by atoms with Gasteiger partial charge in [-0.05, 0) is 44.5 Å². The molecular formula is C14H22N2O. The van der Waals surface area contributed by atoms with Gasteiger partial charge in [-0.1, -0.05) is 12.1 Å². The number of nitrogens with zero attached hydrogens (tertiary/aromatic N) is 1. The molecular weight excluding hydrogens is 212 g/mol. The summed E-state index contributed by atoms with van der Waals surface area (Å²) in [5.74, 6) is 0.965. The van der Waals surface area contributed by atoms with Gasteiger partial charge in [0.1, 0.15) is 5.75 Å². The van der Waals surface area contributed by atoms with Crippen molar-refractivity contribution in [3.8, 4) is 5.75 Å². The predicted octanol–water partition coefficient (Wildman–Crippen LogP) is 2.27. The smallest absolute Gasteiger partial charge is 0.142 e. The second-order valence-corrected chi connectivity index (χ2v) is 4.62. The van der Waals surface area contributed by atoms with E-state index in [-0.39, 0.29) is 0 Å². The highest BCUT2D eigenvalue weighted by Gasteiger charge is 2.19. The van der Waals surface area contributed by atoms with E-state index in [1.165, 1.54) is 24.9 Å². The summed E-state index contributed by atoms with van der Waals surface area (Å²) in [5, 5.41) is 3.45. The summed E-state index contributed by atoms with van der Waals surface area (Å²) in [7, 11) is 3.91. The van der Waals surface area contributed by atoms with Crippen molar-refractivity contribution < 1.29 is 4.74 Å². The van der Waals surface area contributed by atoms with E-state index >= 15 is 0 Å². The Balaban J connectivity index is 2.14. The Morgan fingerprint density at radius 1 is 1.24 bits per heavy atom. The molecule has 0 bridgehead atoms. The fraction of sp³-hybridized carbons (Fsp3) is 0.571. The maximum Gasteiger partial charge on any atom is 0.142 e. The summed E-state index contributed by atoms with van der Waals surface area (Å²) in [4.78, 5) is 2.37. The van der Waals surface area contributed by atoms with E-state index in [1.807, 2.05) is 12.1 Å². The lowest BCUT2D eigenvalue weighted by atomic mass is 10.1. The first kappa shape index (κ1) is 12.2. The molecule has 1 aromatic rings. The molecule has 0 aliphatic carbocycles. The molecule has 94 valence electrons. The minimum Gasteiger partial charge on any atom is -0.495 e. The van der Waals surface area contributed by atoms with Gasteiger partial charge in [-0.25, -0.2) is 0 Å². The van der Waals surface area contributed by atoms with Gasteiger partial charge < -0.3 is 15.0 Å². The monoisotopic (exact) mass is 234 g/mol. The second-order valence-electron chi connectivity index (χ2n) is 4.62. The van der Waals surface area contributed by atoms with Gasteiger partial charge in [0.15, 0.2) is 0 Å². The Kier molecular flexibility index (Phi) is 4.26. The molecule has 1 fully saturated rings. The van der Waals surface area contributed by atoms with Crippen LogP contribution < -0.4 is 15.0 Å². The third-order valence-corrected chi connectivity index (χ3v) is 3.56. The average molecular weight is 234 g/mol. The van der Waals surface area contributed by atoms with Crippen molar-refractivity contribution in [3.05, 3.63) is 24.3 Å². The Labute approximate surface area is 104 Å². The van der Waals surface area contributed by atoms with Crippen LogP contribution in [0.4, 0.5) is 5.69 Å². The van der Waals surface area contributed by atoms with Crippen molar-refractivity contribution in [3.63, 3.8) is 0 Å². The Hall–Kier alpha value is -1.22. The summed E-state index contributed by atoms with van der Waals surface area (Å²) in [6, 6.07) is 8.87. The van der Waals surface area contributed by atoms with Crippen molar-refractivity contribution in [1.29, 1.82) is 0 Å². The molecule has 1 unspecified atom stereocenters. The van der Waals surface area contributed by atoms with Crippen LogP contribution in [0.3, 0.4) is 0 Å². The van der Waals surface area contributed by atoms with Crippen LogP contribution in [0.25, 0.3) is 0 Å². The second kappa shape index (κ2) is 5.92. The highest BCUT2D eigenvalue weighted by atomic mass is 16.5. The zero-order valence-electron chi connectivity index (χ0n) is 10.8. The molecule has 0 amide bonds. The molecule has 3 heteroatoms. The van der Waals surface area contributed by atoms with Crippen LogP contribution in [0.15, 0.2) is 24.3 Å². The van der Waals surface area contributed by atoms with Crippen molar-refractivity contribution >= 4 is 5.69 Å². The molecule has 1 heterocycles. The molecule has 0 spiro atoms. The number of rotatable bonds is 3. The van der Waals surface area contributed by atoms with Crippen LogP contribution in [-0.2, 0) is 0 Å². The van der Waals surface area contributed by atoms with Gasteiger partial charge in [-0.15, -0.1) is 0 Å². The number of methoxy groups -OCH3 is 1. The zero-order chi connectivity index (χ0) is 12.1. The van der Waals surface area contributed by atoms with Crippen molar-refractivity contribution in [2.24, 2.45) is 0 Å². The van der Waals surface area contributed by atoms with Gasteiger partial charge in [0, 0.05) is 13.1 Å². The van der Waals surface area contributed by atoms with Gasteiger partial charge in [-0.2, -0.15) is 0 Å². The lowest BCUT2D eigenvalue weighted by molar-refractivity contribution is 0.412. The standard InChI is InChI=1S/C14H22N2O/c1-16(12-6-5-10-15-11-9-12)13-7-3-4-8-14(13)17-2/h3-4,7-8,12,15H,5-6,9-11H2,1-2H3. The highest BCUT2D eigenvalue weighted by Crippen LogP contribution is 2.29. The Morgan fingerprint density at radius 2 is 2.06 bits per heavy atom. The lowest BCUT2D eigenvalue weighted by Gasteiger charge is -2.30. The first-order valence-corrected chi connectivity index (χ1v) is 6.39. The summed E-state index contributed by atoms with van der Waals surface area (Å²) in [6.45, 7) is 2.26. The van der Waals surface area contributed by atoms with E-state index in [9.17, 15) is 0 Å². The first-order valence-electron chi connectivity index (χ1n) is 6.39. The zero-order valence-corrected chi connectivity index (χ0v) is 10.8. The Bertz CT molecular complexity index is 346. The molecule has 0 radical (unpaired) electrons. The van der Waals surface area contributed by atoms with Crippen molar-refractivity contribution in [2.45, 2.75) is 25.3 Å². The number of para-hydroxylation sites is 2. The molecule has 3 nitrogen and oxygen atoms in total. The maximum atomic E-state index is 5.43. The van der Waals surface area contributed by atoms with Crippen molar-refractivity contribution in [2.75, 3.05) is 32.1 Å². The molecule has 1 atom stereocenters. The largest absolute Gasteiger partial charge is 0.495 e. The molecule has 0 saturated carbocycles. The SMILES string of the molecule is COc1ccccc1N(C)C1CCCNCC1. The fourth-order valence-corrected chi connectivity index (χ4v) is 2.51. The van der Waals surface area contributed by atoms with Crippen LogP contribution >= 0.6 is 0 Å². The molecule has 0 aromatic heterocycles. The molecule has 17 heavy (non-hydrogen) atoms. The van der Waals surface area contributed by atoms with Crippen LogP contribution in [-0.4, -0.2) is 33.3 Å². The van der Waals surface area contributed by atoms with Gasteiger partial charge in [0.25, 0.3) is 0 Å². The number of nitrogens with one attached hydrogen (secondary N) is 1. The molecule has 1 aliphatic rings. The van der Waals surface area contributed by atoms with Crippen LogP contribution in [0.2, 0.25) is 0 Å². The molecule has 1 aliphatic heterocycles. The number of hydrogen-bond acceptors (Lipinski definition) is 3. The first-order chi connectivity index (χ1) is 8.33. The maximum absolute atomic E-state index is 5.43. The predicted molar refractivity (Wildman–Crippen MR) is 71.9 cm³/mol. The van der Waals surface area contributed by atoms with E-state index in [2.05, 4.69) is 29.4 Å². The Morgan fingerprint density at radius 3 is 2.88 bits per heavy atom. The highest BCUT2D eigenvalue weighted by molar-refractivity contribution is 5.58. The summed E-state index contributed by atoms with van der Waals surface area (Å²) in [5.41, 5.74) is 1.20. The number of ether oxygens (including phenoxy) is 1. The van der Waals surface area contributed by atoms with Gasteiger partial charge in [-0.3, -0.25) is 0 Å². The number of benzene rings is 1. The molecule has 1 N–H and O–H groups in total. The topological polar surface area (TPSA) is 24.5 Å². The summed E-state index contributed by atoms with van der Waals surface area (Å²) >= 11 is 0. The van der Waals surface area contributed by atoms with Crippen molar-refractivity contribution in [1.82, 2.24) is 5.32 Å². The van der Waals surface area contributed by atoms with E-state index in [0.29, 0.717) is 6.04 Å². The molecule has 1 saturated heterocycles.